The number of fused-ring (bicyclic) bond motifs is 1. The van der Waals surface area contributed by atoms with Crippen molar-refractivity contribution >= 4 is 28.3 Å². The van der Waals surface area contributed by atoms with Gasteiger partial charge in [0.25, 0.3) is 0 Å². The number of piperidine rings is 1. The van der Waals surface area contributed by atoms with Crippen LogP contribution in [0.5, 0.6) is 0 Å². The van der Waals surface area contributed by atoms with E-state index in [1.165, 1.54) is 6.42 Å². The van der Waals surface area contributed by atoms with Crippen LogP contribution in [0.3, 0.4) is 0 Å². The molecular weight excluding hydrogens is 308 g/mol. The molecule has 5 nitrogen and oxygen atoms in total. The smallest absolute Gasteiger partial charge is 0.242 e. The lowest BCUT2D eigenvalue weighted by molar-refractivity contribution is -0.132. The molecule has 0 spiro atoms. The van der Waals surface area contributed by atoms with Crippen LogP contribution >= 0.6 is 11.3 Å². The van der Waals surface area contributed by atoms with Crippen LogP contribution in [0.4, 0.5) is 0 Å². The zero-order valence-corrected chi connectivity index (χ0v) is 13.6. The number of imidazole rings is 1. The molecule has 0 atom stereocenters. The molecule has 1 aliphatic heterocycles. The highest BCUT2D eigenvalue weighted by Crippen LogP contribution is 2.27. The third kappa shape index (κ3) is 2.74. The van der Waals surface area contributed by atoms with Gasteiger partial charge in [-0.05, 0) is 31.4 Å². The summed E-state index contributed by atoms with van der Waals surface area (Å²) in [6.45, 7) is 2.09. The maximum Gasteiger partial charge on any atom is 0.242 e. The molecule has 0 aliphatic carbocycles. The van der Waals surface area contributed by atoms with Crippen LogP contribution in [0.25, 0.3) is 21.7 Å². The molecule has 0 N–H and O–H groups in total. The second-order valence-corrected chi connectivity index (χ2v) is 6.70. The van der Waals surface area contributed by atoms with Gasteiger partial charge in [-0.25, -0.2) is 4.98 Å². The van der Waals surface area contributed by atoms with Gasteiger partial charge in [0.1, 0.15) is 6.54 Å². The molecule has 3 heterocycles. The van der Waals surface area contributed by atoms with E-state index < -0.39 is 0 Å². The number of carbonyl (C=O) groups is 1. The first kappa shape index (κ1) is 14.4. The van der Waals surface area contributed by atoms with Crippen molar-refractivity contribution in [1.82, 2.24) is 19.4 Å². The van der Waals surface area contributed by atoms with Gasteiger partial charge in [0.2, 0.25) is 5.91 Å². The number of thiazole rings is 1. The van der Waals surface area contributed by atoms with Gasteiger partial charge in [0.05, 0.1) is 21.4 Å². The van der Waals surface area contributed by atoms with Crippen molar-refractivity contribution in [1.29, 1.82) is 0 Å². The van der Waals surface area contributed by atoms with Gasteiger partial charge in [-0.3, -0.25) is 9.78 Å². The molecule has 2 aromatic heterocycles. The second-order valence-electron chi connectivity index (χ2n) is 5.82. The van der Waals surface area contributed by atoms with E-state index in [4.69, 9.17) is 4.98 Å². The van der Waals surface area contributed by atoms with E-state index >= 15 is 0 Å². The molecule has 118 valence electrons. The van der Waals surface area contributed by atoms with Gasteiger partial charge in [0, 0.05) is 19.3 Å². The van der Waals surface area contributed by atoms with Crippen molar-refractivity contribution in [2.24, 2.45) is 0 Å². The Bertz CT molecular complexity index is 818. The first-order chi connectivity index (χ1) is 11.3. The van der Waals surface area contributed by atoms with Crippen molar-refractivity contribution < 1.29 is 4.79 Å². The normalized spacial score (nSPS) is 15.2. The number of carbonyl (C=O) groups excluding carboxylic acids is 1. The summed E-state index contributed by atoms with van der Waals surface area (Å²) in [5.74, 6) is 1.01. The van der Waals surface area contributed by atoms with Crippen LogP contribution < -0.4 is 0 Å². The third-order valence-corrected chi connectivity index (χ3v) is 5.08. The number of rotatable bonds is 3. The summed E-state index contributed by atoms with van der Waals surface area (Å²) in [4.78, 5) is 24.5. The predicted molar refractivity (Wildman–Crippen MR) is 91.3 cm³/mol. The minimum atomic E-state index is 0.179. The minimum Gasteiger partial charge on any atom is -0.341 e. The summed E-state index contributed by atoms with van der Waals surface area (Å²) >= 11 is 1.55. The summed E-state index contributed by atoms with van der Waals surface area (Å²) < 4.78 is 2.03. The van der Waals surface area contributed by atoms with Crippen molar-refractivity contribution in [3.63, 3.8) is 0 Å². The fourth-order valence-electron chi connectivity index (χ4n) is 3.13. The highest BCUT2D eigenvalue weighted by Gasteiger charge is 2.20. The number of hydrogen-bond donors (Lipinski definition) is 0. The Morgan fingerprint density at radius 2 is 2.00 bits per heavy atom. The Hall–Kier alpha value is -2.21. The molecule has 3 aromatic rings. The van der Waals surface area contributed by atoms with Gasteiger partial charge in [0.15, 0.2) is 5.82 Å². The van der Waals surface area contributed by atoms with E-state index in [0.29, 0.717) is 6.54 Å². The molecule has 1 aromatic carbocycles. The molecule has 0 unspecified atom stereocenters. The van der Waals surface area contributed by atoms with Crippen molar-refractivity contribution in [3.8, 4) is 10.7 Å². The highest BCUT2D eigenvalue weighted by molar-refractivity contribution is 7.13. The first-order valence-electron chi connectivity index (χ1n) is 7.95. The summed E-state index contributed by atoms with van der Waals surface area (Å²) in [5.41, 5.74) is 3.72. The van der Waals surface area contributed by atoms with Gasteiger partial charge >= 0.3 is 0 Å². The molecule has 23 heavy (non-hydrogen) atoms. The van der Waals surface area contributed by atoms with Crippen LogP contribution in [-0.2, 0) is 11.3 Å². The Balaban J connectivity index is 1.72. The highest BCUT2D eigenvalue weighted by atomic mass is 32.1. The summed E-state index contributed by atoms with van der Waals surface area (Å²) in [7, 11) is 0. The Morgan fingerprint density at radius 3 is 2.78 bits per heavy atom. The molecule has 1 aliphatic rings. The number of nitrogens with zero attached hydrogens (tertiary/aromatic N) is 4. The van der Waals surface area contributed by atoms with E-state index in [-0.39, 0.29) is 5.91 Å². The zero-order chi connectivity index (χ0) is 15.6. The van der Waals surface area contributed by atoms with Gasteiger partial charge in [-0.1, -0.05) is 12.1 Å². The largest absolute Gasteiger partial charge is 0.341 e. The molecule has 1 saturated heterocycles. The molecule has 0 radical (unpaired) electrons. The van der Waals surface area contributed by atoms with Gasteiger partial charge < -0.3 is 9.47 Å². The Labute approximate surface area is 138 Å². The lowest BCUT2D eigenvalue weighted by atomic mass is 10.1. The van der Waals surface area contributed by atoms with Gasteiger partial charge in [-0.2, -0.15) is 0 Å². The van der Waals surface area contributed by atoms with E-state index in [2.05, 4.69) is 4.98 Å². The summed E-state index contributed by atoms with van der Waals surface area (Å²) in [5, 5.41) is 0. The standard InChI is InChI=1S/C17H18N4OS/c22-16(20-8-4-1-5-9-20)11-21-14-7-3-2-6-13(14)19-17(21)15-10-18-12-23-15/h2-3,6-7,10,12H,1,4-5,8-9,11H2. The summed E-state index contributed by atoms with van der Waals surface area (Å²) in [6.07, 6.45) is 5.26. The molecule has 0 saturated carbocycles. The predicted octanol–water partition coefficient (Wildman–Crippen LogP) is 3.17. The molecular formula is C17H18N4OS. The maximum absolute atomic E-state index is 12.7. The van der Waals surface area contributed by atoms with E-state index in [0.717, 1.165) is 47.7 Å². The number of para-hydroxylation sites is 2. The molecule has 6 heteroatoms. The van der Waals surface area contributed by atoms with Crippen molar-refractivity contribution in [2.45, 2.75) is 25.8 Å². The van der Waals surface area contributed by atoms with Crippen LogP contribution in [0, 0.1) is 0 Å². The van der Waals surface area contributed by atoms with E-state index in [1.807, 2.05) is 39.9 Å². The molecule has 1 fully saturated rings. The van der Waals surface area contributed by atoms with Crippen LogP contribution in [0.1, 0.15) is 19.3 Å². The molecule has 1 amide bonds. The number of benzene rings is 1. The van der Waals surface area contributed by atoms with Gasteiger partial charge in [-0.15, -0.1) is 11.3 Å². The monoisotopic (exact) mass is 326 g/mol. The van der Waals surface area contributed by atoms with Crippen LogP contribution in [0.15, 0.2) is 36.0 Å². The third-order valence-electron chi connectivity index (χ3n) is 4.31. The number of hydrogen-bond acceptors (Lipinski definition) is 4. The van der Waals surface area contributed by atoms with Crippen molar-refractivity contribution in [2.75, 3.05) is 13.1 Å². The SMILES string of the molecule is O=C(Cn1c(-c2cncs2)nc2ccccc21)N1CCCCC1. The molecule has 4 rings (SSSR count). The average molecular weight is 326 g/mol. The minimum absolute atomic E-state index is 0.179. The topological polar surface area (TPSA) is 51.0 Å². The van der Waals surface area contributed by atoms with E-state index in [9.17, 15) is 4.79 Å². The van der Waals surface area contributed by atoms with Crippen LogP contribution in [0.2, 0.25) is 0 Å². The Morgan fingerprint density at radius 1 is 1.17 bits per heavy atom. The fraction of sp³-hybridized carbons (Fsp3) is 0.353. The van der Waals surface area contributed by atoms with E-state index in [1.54, 1.807) is 16.8 Å². The number of amides is 1. The summed E-state index contributed by atoms with van der Waals surface area (Å²) in [6, 6.07) is 7.98. The lowest BCUT2D eigenvalue weighted by Gasteiger charge is -2.27. The van der Waals surface area contributed by atoms with Crippen molar-refractivity contribution in [3.05, 3.63) is 36.0 Å². The first-order valence-corrected chi connectivity index (χ1v) is 8.83. The lowest BCUT2D eigenvalue weighted by Crippen LogP contribution is -2.37. The number of aromatic nitrogens is 3. The molecule has 0 bridgehead atoms. The average Bonchev–Trinajstić information content (AvgIpc) is 3.24. The Kier molecular flexibility index (Phi) is 3.83. The number of likely N-dealkylation sites (tertiary alicyclic amines) is 1. The zero-order valence-electron chi connectivity index (χ0n) is 12.8. The second kappa shape index (κ2) is 6.12. The van der Waals surface area contributed by atoms with Crippen LogP contribution in [-0.4, -0.2) is 38.4 Å². The quantitative estimate of drug-likeness (QED) is 0.743. The fourth-order valence-corrected chi connectivity index (χ4v) is 3.75. The maximum atomic E-state index is 12.7.